The molecule has 1 aliphatic heterocycles. The number of hydrogen-bond donors (Lipinski definition) is 2. The Morgan fingerprint density at radius 2 is 1.92 bits per heavy atom. The van der Waals surface area contributed by atoms with Gasteiger partial charge in [0.1, 0.15) is 0 Å². The SMILES string of the molecule is CN(C)C/C=C/C(=O)Nc1ccnc(-c2cccc3cnc(Nc4ccccc4N4CCOCC4)nc23)c1. The third-order valence-corrected chi connectivity index (χ3v) is 6.16. The summed E-state index contributed by atoms with van der Waals surface area (Å²) in [6.45, 7) is 3.79. The summed E-state index contributed by atoms with van der Waals surface area (Å²) in [5.41, 5.74) is 5.04. The van der Waals surface area contributed by atoms with Crippen LogP contribution in [0.5, 0.6) is 0 Å². The van der Waals surface area contributed by atoms with E-state index in [0.29, 0.717) is 37.1 Å². The Balaban J connectivity index is 1.41. The zero-order valence-electron chi connectivity index (χ0n) is 21.6. The molecular formula is C29H31N7O2. The van der Waals surface area contributed by atoms with Gasteiger partial charge in [-0.15, -0.1) is 0 Å². The maximum absolute atomic E-state index is 12.3. The summed E-state index contributed by atoms with van der Waals surface area (Å²) in [6, 6.07) is 17.7. The van der Waals surface area contributed by atoms with Crippen LogP contribution in [-0.2, 0) is 9.53 Å². The molecule has 0 radical (unpaired) electrons. The number of likely N-dealkylation sites (N-methyl/N-ethyl adjacent to an activating group) is 1. The van der Waals surface area contributed by atoms with E-state index in [1.807, 2.05) is 73.7 Å². The van der Waals surface area contributed by atoms with Crippen molar-refractivity contribution in [2.45, 2.75) is 0 Å². The lowest BCUT2D eigenvalue weighted by Crippen LogP contribution is -2.36. The van der Waals surface area contributed by atoms with E-state index in [9.17, 15) is 4.79 Å². The van der Waals surface area contributed by atoms with Gasteiger partial charge >= 0.3 is 0 Å². The maximum atomic E-state index is 12.3. The molecule has 3 heterocycles. The summed E-state index contributed by atoms with van der Waals surface area (Å²) in [5.74, 6) is 0.316. The van der Waals surface area contributed by atoms with Gasteiger partial charge in [0, 0.05) is 54.7 Å². The fourth-order valence-electron chi connectivity index (χ4n) is 4.31. The molecular weight excluding hydrogens is 478 g/mol. The normalized spacial score (nSPS) is 13.8. The van der Waals surface area contributed by atoms with Crippen molar-refractivity contribution < 1.29 is 9.53 Å². The van der Waals surface area contributed by atoms with Gasteiger partial charge < -0.3 is 25.2 Å². The first-order chi connectivity index (χ1) is 18.6. The molecule has 9 heteroatoms. The number of rotatable bonds is 8. The van der Waals surface area contributed by atoms with E-state index in [-0.39, 0.29) is 5.91 Å². The zero-order chi connectivity index (χ0) is 26.3. The number of fused-ring (bicyclic) bond motifs is 1. The molecule has 2 N–H and O–H groups in total. The standard InChI is InChI=1S/C29H31N7O2/c1-35(2)14-6-11-27(37)32-22-12-13-30-25(19-22)23-8-5-7-21-20-31-29(34-28(21)23)33-24-9-3-4-10-26(24)36-15-17-38-18-16-36/h3-13,19-20H,14-18H2,1-2H3,(H,30,32,37)(H,31,33,34)/b11-6+. The first-order valence-corrected chi connectivity index (χ1v) is 12.6. The quantitative estimate of drug-likeness (QED) is 0.339. The van der Waals surface area contributed by atoms with Crippen LogP contribution in [0.4, 0.5) is 23.0 Å². The number of pyridine rings is 1. The van der Waals surface area contributed by atoms with Crippen LogP contribution in [0.15, 0.2) is 79.1 Å². The summed E-state index contributed by atoms with van der Waals surface area (Å²) in [4.78, 5) is 30.6. The molecule has 0 bridgehead atoms. The molecule has 0 spiro atoms. The fraction of sp³-hybridized carbons (Fsp3) is 0.241. The molecule has 1 saturated heterocycles. The van der Waals surface area contributed by atoms with Crippen molar-refractivity contribution >= 4 is 39.8 Å². The highest BCUT2D eigenvalue weighted by Crippen LogP contribution is 2.31. The van der Waals surface area contributed by atoms with Crippen LogP contribution in [0.3, 0.4) is 0 Å². The van der Waals surface area contributed by atoms with E-state index in [0.717, 1.165) is 40.9 Å². The first kappa shape index (κ1) is 25.3. The van der Waals surface area contributed by atoms with Crippen molar-refractivity contribution in [3.63, 3.8) is 0 Å². The van der Waals surface area contributed by atoms with Gasteiger partial charge in [-0.1, -0.05) is 36.4 Å². The zero-order valence-corrected chi connectivity index (χ0v) is 21.6. The van der Waals surface area contributed by atoms with Crippen LogP contribution in [0, 0.1) is 0 Å². The largest absolute Gasteiger partial charge is 0.378 e. The highest BCUT2D eigenvalue weighted by molar-refractivity contribution is 6.00. The lowest BCUT2D eigenvalue weighted by molar-refractivity contribution is -0.111. The van der Waals surface area contributed by atoms with Gasteiger partial charge in [-0.25, -0.2) is 9.97 Å². The monoisotopic (exact) mass is 509 g/mol. The second-order valence-electron chi connectivity index (χ2n) is 9.26. The Labute approximate surface area is 222 Å². The molecule has 9 nitrogen and oxygen atoms in total. The van der Waals surface area contributed by atoms with Crippen LogP contribution in [-0.4, -0.2) is 72.7 Å². The number of aromatic nitrogens is 3. The molecule has 0 saturated carbocycles. The lowest BCUT2D eigenvalue weighted by Gasteiger charge is -2.30. The minimum Gasteiger partial charge on any atom is -0.378 e. The van der Waals surface area contributed by atoms with E-state index >= 15 is 0 Å². The third kappa shape index (κ3) is 6.13. The Morgan fingerprint density at radius 3 is 2.76 bits per heavy atom. The minimum absolute atomic E-state index is 0.185. The number of hydrogen-bond acceptors (Lipinski definition) is 8. The summed E-state index contributed by atoms with van der Waals surface area (Å²) >= 11 is 0. The number of nitrogens with zero attached hydrogens (tertiary/aromatic N) is 5. The van der Waals surface area contributed by atoms with Crippen LogP contribution in [0.25, 0.3) is 22.2 Å². The smallest absolute Gasteiger partial charge is 0.248 e. The van der Waals surface area contributed by atoms with Gasteiger partial charge in [0.05, 0.1) is 35.8 Å². The van der Waals surface area contributed by atoms with Gasteiger partial charge in [0.2, 0.25) is 11.9 Å². The summed E-state index contributed by atoms with van der Waals surface area (Å²) in [6.07, 6.45) is 6.86. The van der Waals surface area contributed by atoms with Gasteiger partial charge in [0.15, 0.2) is 0 Å². The van der Waals surface area contributed by atoms with Crippen LogP contribution in [0.1, 0.15) is 0 Å². The number of ether oxygens (including phenoxy) is 1. The highest BCUT2D eigenvalue weighted by atomic mass is 16.5. The third-order valence-electron chi connectivity index (χ3n) is 6.16. The Bertz CT molecular complexity index is 1450. The Kier molecular flexibility index (Phi) is 7.86. The molecule has 38 heavy (non-hydrogen) atoms. The number of morpholine rings is 1. The molecule has 1 aliphatic rings. The number of anilines is 4. The van der Waals surface area contributed by atoms with Crippen molar-refractivity contribution in [3.8, 4) is 11.3 Å². The molecule has 0 atom stereocenters. The van der Waals surface area contributed by atoms with Gasteiger partial charge in [-0.05, 0) is 38.4 Å². The summed E-state index contributed by atoms with van der Waals surface area (Å²) in [7, 11) is 3.91. The molecule has 1 fully saturated rings. The number of benzene rings is 2. The van der Waals surface area contributed by atoms with Gasteiger partial charge in [-0.3, -0.25) is 9.78 Å². The number of para-hydroxylation sites is 3. The second-order valence-corrected chi connectivity index (χ2v) is 9.26. The van der Waals surface area contributed by atoms with Crippen molar-refractivity contribution in [2.75, 3.05) is 62.5 Å². The average Bonchev–Trinajstić information content (AvgIpc) is 2.93. The van der Waals surface area contributed by atoms with Crippen molar-refractivity contribution in [2.24, 2.45) is 0 Å². The minimum atomic E-state index is -0.185. The molecule has 0 aliphatic carbocycles. The van der Waals surface area contributed by atoms with Crippen molar-refractivity contribution in [1.82, 2.24) is 19.9 Å². The van der Waals surface area contributed by atoms with Gasteiger partial charge in [-0.2, -0.15) is 0 Å². The molecule has 2 aromatic heterocycles. The van der Waals surface area contributed by atoms with Crippen LogP contribution < -0.4 is 15.5 Å². The second kappa shape index (κ2) is 11.8. The molecule has 4 aromatic rings. The van der Waals surface area contributed by atoms with Crippen molar-refractivity contribution in [1.29, 1.82) is 0 Å². The topological polar surface area (TPSA) is 95.5 Å². The van der Waals surface area contributed by atoms with Crippen molar-refractivity contribution in [3.05, 3.63) is 79.1 Å². The van der Waals surface area contributed by atoms with E-state index < -0.39 is 0 Å². The van der Waals surface area contributed by atoms with Crippen LogP contribution in [0.2, 0.25) is 0 Å². The number of nitrogens with one attached hydrogen (secondary N) is 2. The Hall–Kier alpha value is -4.34. The highest BCUT2D eigenvalue weighted by Gasteiger charge is 2.16. The molecule has 0 unspecified atom stereocenters. The lowest BCUT2D eigenvalue weighted by atomic mass is 10.1. The number of carbonyl (C=O) groups excluding carboxylic acids is 1. The molecule has 2 aromatic carbocycles. The maximum Gasteiger partial charge on any atom is 0.248 e. The van der Waals surface area contributed by atoms with E-state index in [4.69, 9.17) is 9.72 Å². The molecule has 194 valence electrons. The summed E-state index contributed by atoms with van der Waals surface area (Å²) in [5, 5.41) is 7.23. The Morgan fingerprint density at radius 1 is 1.08 bits per heavy atom. The van der Waals surface area contributed by atoms with Crippen LogP contribution >= 0.6 is 0 Å². The van der Waals surface area contributed by atoms with E-state index in [1.165, 1.54) is 6.08 Å². The predicted octanol–water partition coefficient (Wildman–Crippen LogP) is 4.33. The molecule has 1 amide bonds. The van der Waals surface area contributed by atoms with E-state index in [2.05, 4.69) is 31.6 Å². The number of amides is 1. The summed E-state index contributed by atoms with van der Waals surface area (Å²) < 4.78 is 5.52. The van der Waals surface area contributed by atoms with Gasteiger partial charge in [0.25, 0.3) is 0 Å². The first-order valence-electron chi connectivity index (χ1n) is 12.6. The molecule has 5 rings (SSSR count). The van der Waals surface area contributed by atoms with E-state index in [1.54, 1.807) is 12.3 Å². The number of carbonyl (C=O) groups is 1. The fourth-order valence-corrected chi connectivity index (χ4v) is 4.31. The predicted molar refractivity (Wildman–Crippen MR) is 152 cm³/mol. The average molecular weight is 510 g/mol.